The van der Waals surface area contributed by atoms with Crippen LogP contribution in [-0.2, 0) is 0 Å². The van der Waals surface area contributed by atoms with E-state index < -0.39 is 0 Å². The number of aliphatic hydroxyl groups excluding tert-OH is 1. The minimum Gasteiger partial charge on any atom is -0.394 e. The summed E-state index contributed by atoms with van der Waals surface area (Å²) in [6.45, 7) is 6.68. The second kappa shape index (κ2) is 6.71. The fourth-order valence-corrected chi connectivity index (χ4v) is 2.03. The number of rotatable bonds is 6. The Hall–Kier alpha value is -1.13. The lowest BCUT2D eigenvalue weighted by atomic mass is 10.0. The average molecular weight is 254 g/mol. The van der Waals surface area contributed by atoms with Crippen molar-refractivity contribution in [2.75, 3.05) is 25.1 Å². The van der Waals surface area contributed by atoms with Gasteiger partial charge in [-0.15, -0.1) is 0 Å². The van der Waals surface area contributed by atoms with Crippen LogP contribution >= 0.6 is 0 Å². The van der Waals surface area contributed by atoms with E-state index in [9.17, 15) is 9.50 Å². The highest BCUT2D eigenvalue weighted by molar-refractivity contribution is 5.55. The van der Waals surface area contributed by atoms with Gasteiger partial charge in [0.25, 0.3) is 0 Å². The number of nitrogens with zero attached hydrogens (tertiary/aromatic N) is 1. The number of aliphatic hydroxyl groups is 1. The Kier molecular flexibility index (Phi) is 5.56. The Labute approximate surface area is 109 Å². The van der Waals surface area contributed by atoms with Gasteiger partial charge >= 0.3 is 0 Å². The molecule has 0 bridgehead atoms. The van der Waals surface area contributed by atoms with Crippen LogP contribution in [0.5, 0.6) is 0 Å². The van der Waals surface area contributed by atoms with Crippen molar-refractivity contribution < 1.29 is 9.50 Å². The number of hydrogen-bond donors (Lipinski definition) is 2. The first-order valence-corrected chi connectivity index (χ1v) is 6.38. The topological polar surface area (TPSA) is 35.5 Å². The molecule has 0 aliphatic rings. The average Bonchev–Trinajstić information content (AvgIpc) is 2.36. The van der Waals surface area contributed by atoms with Crippen molar-refractivity contribution in [3.05, 3.63) is 29.6 Å². The smallest absolute Gasteiger partial charge is 0.130 e. The molecule has 18 heavy (non-hydrogen) atoms. The zero-order chi connectivity index (χ0) is 13.7. The molecule has 3 nitrogen and oxygen atoms in total. The molecule has 0 saturated carbocycles. The fraction of sp³-hybridized carbons (Fsp3) is 0.571. The first-order valence-electron chi connectivity index (χ1n) is 6.38. The van der Waals surface area contributed by atoms with E-state index in [0.717, 1.165) is 12.2 Å². The third-order valence-corrected chi connectivity index (χ3v) is 3.28. The lowest BCUT2D eigenvalue weighted by Crippen LogP contribution is -2.33. The Morgan fingerprint density at radius 1 is 1.39 bits per heavy atom. The maximum atomic E-state index is 14.0. The first kappa shape index (κ1) is 14.9. The molecule has 0 amide bonds. The van der Waals surface area contributed by atoms with Gasteiger partial charge < -0.3 is 15.3 Å². The maximum absolute atomic E-state index is 14.0. The molecule has 4 heteroatoms. The standard InChI is InChI=1S/C14H23FN2O/c1-5-16-11(3)14-12(15)7-6-8-13(14)17(4)10(2)9-18/h6-8,10-11,16,18H,5,9H2,1-4H3. The number of anilines is 1. The summed E-state index contributed by atoms with van der Waals surface area (Å²) in [5.74, 6) is -0.210. The molecule has 0 aliphatic heterocycles. The Bertz CT molecular complexity index is 384. The van der Waals surface area contributed by atoms with Crippen LogP contribution in [0.2, 0.25) is 0 Å². The molecule has 2 atom stereocenters. The summed E-state index contributed by atoms with van der Waals surface area (Å²) in [6, 6.07) is 4.97. The van der Waals surface area contributed by atoms with Crippen LogP contribution in [-0.4, -0.2) is 31.3 Å². The molecule has 2 N–H and O–H groups in total. The molecule has 2 unspecified atom stereocenters. The van der Waals surface area contributed by atoms with Crippen LogP contribution in [0.3, 0.4) is 0 Å². The van der Waals surface area contributed by atoms with Crippen molar-refractivity contribution in [2.24, 2.45) is 0 Å². The molecule has 102 valence electrons. The summed E-state index contributed by atoms with van der Waals surface area (Å²) >= 11 is 0. The van der Waals surface area contributed by atoms with Crippen molar-refractivity contribution in [3.63, 3.8) is 0 Å². The van der Waals surface area contributed by atoms with Crippen LogP contribution in [0.25, 0.3) is 0 Å². The van der Waals surface area contributed by atoms with Gasteiger partial charge in [-0.1, -0.05) is 13.0 Å². The van der Waals surface area contributed by atoms with E-state index in [4.69, 9.17) is 0 Å². The monoisotopic (exact) mass is 254 g/mol. The molecule has 0 aromatic heterocycles. The van der Waals surface area contributed by atoms with Crippen molar-refractivity contribution in [1.29, 1.82) is 0 Å². The van der Waals surface area contributed by atoms with Crippen LogP contribution in [0, 0.1) is 5.82 Å². The van der Waals surface area contributed by atoms with E-state index in [2.05, 4.69) is 5.32 Å². The summed E-state index contributed by atoms with van der Waals surface area (Å²) in [4.78, 5) is 1.91. The molecule has 1 aromatic rings. The number of nitrogens with one attached hydrogen (secondary N) is 1. The van der Waals surface area contributed by atoms with Gasteiger partial charge in [-0.2, -0.15) is 0 Å². The van der Waals surface area contributed by atoms with Crippen molar-refractivity contribution >= 4 is 5.69 Å². The lowest BCUT2D eigenvalue weighted by Gasteiger charge is -2.29. The molecule has 1 aromatic carbocycles. The number of benzene rings is 1. The van der Waals surface area contributed by atoms with Gasteiger partial charge in [-0.3, -0.25) is 0 Å². The largest absolute Gasteiger partial charge is 0.394 e. The number of hydrogen-bond acceptors (Lipinski definition) is 3. The highest BCUT2D eigenvalue weighted by Gasteiger charge is 2.19. The van der Waals surface area contributed by atoms with E-state index in [1.54, 1.807) is 6.07 Å². The SMILES string of the molecule is CCNC(C)c1c(F)cccc1N(C)C(C)CO. The van der Waals surface area contributed by atoms with Gasteiger partial charge in [0.1, 0.15) is 5.82 Å². The third kappa shape index (κ3) is 3.21. The summed E-state index contributed by atoms with van der Waals surface area (Å²) in [7, 11) is 1.87. The zero-order valence-corrected chi connectivity index (χ0v) is 11.6. The van der Waals surface area contributed by atoms with E-state index in [0.29, 0.717) is 5.56 Å². The highest BCUT2D eigenvalue weighted by atomic mass is 19.1. The molecule has 0 saturated heterocycles. The Balaban J connectivity index is 3.14. The van der Waals surface area contributed by atoms with Crippen molar-refractivity contribution in [2.45, 2.75) is 32.9 Å². The first-order chi connectivity index (χ1) is 8.52. The number of likely N-dealkylation sites (N-methyl/N-ethyl adjacent to an activating group) is 1. The minimum atomic E-state index is -0.210. The second-order valence-electron chi connectivity index (χ2n) is 4.59. The molecule has 1 rings (SSSR count). The fourth-order valence-electron chi connectivity index (χ4n) is 2.03. The van der Waals surface area contributed by atoms with Crippen LogP contribution in [0.1, 0.15) is 32.4 Å². The molecule has 0 fully saturated rings. The zero-order valence-electron chi connectivity index (χ0n) is 11.6. The van der Waals surface area contributed by atoms with E-state index in [1.165, 1.54) is 6.07 Å². The van der Waals surface area contributed by atoms with Crippen molar-refractivity contribution in [1.82, 2.24) is 5.32 Å². The maximum Gasteiger partial charge on any atom is 0.130 e. The predicted molar refractivity (Wildman–Crippen MR) is 73.4 cm³/mol. The van der Waals surface area contributed by atoms with E-state index in [-0.39, 0.29) is 24.5 Å². The lowest BCUT2D eigenvalue weighted by molar-refractivity contribution is 0.270. The molecular formula is C14H23FN2O. The summed E-state index contributed by atoms with van der Waals surface area (Å²) in [5, 5.41) is 12.4. The van der Waals surface area contributed by atoms with Gasteiger partial charge in [0, 0.05) is 30.4 Å². The van der Waals surface area contributed by atoms with E-state index in [1.807, 2.05) is 38.8 Å². The molecule has 0 spiro atoms. The van der Waals surface area contributed by atoms with Crippen LogP contribution < -0.4 is 10.2 Å². The van der Waals surface area contributed by atoms with Crippen molar-refractivity contribution in [3.8, 4) is 0 Å². The van der Waals surface area contributed by atoms with Gasteiger partial charge in [0.2, 0.25) is 0 Å². The summed E-state index contributed by atoms with van der Waals surface area (Å²) < 4.78 is 14.0. The molecule has 0 aliphatic carbocycles. The van der Waals surface area contributed by atoms with Crippen LogP contribution in [0.15, 0.2) is 18.2 Å². The Morgan fingerprint density at radius 3 is 2.61 bits per heavy atom. The van der Waals surface area contributed by atoms with Crippen LogP contribution in [0.4, 0.5) is 10.1 Å². The highest BCUT2D eigenvalue weighted by Crippen LogP contribution is 2.29. The summed E-state index contributed by atoms with van der Waals surface area (Å²) in [6.07, 6.45) is 0. The normalized spacial score (nSPS) is 14.3. The van der Waals surface area contributed by atoms with Gasteiger partial charge in [-0.05, 0) is 32.5 Å². The minimum absolute atomic E-state index is 0.0422. The quantitative estimate of drug-likeness (QED) is 0.817. The Morgan fingerprint density at radius 2 is 2.06 bits per heavy atom. The molecule has 0 heterocycles. The molecule has 0 radical (unpaired) electrons. The molecular weight excluding hydrogens is 231 g/mol. The van der Waals surface area contributed by atoms with Gasteiger partial charge in [0.15, 0.2) is 0 Å². The third-order valence-electron chi connectivity index (χ3n) is 3.28. The number of halogens is 1. The predicted octanol–water partition coefficient (Wildman–Crippen LogP) is 2.31. The van der Waals surface area contributed by atoms with Gasteiger partial charge in [0.05, 0.1) is 6.61 Å². The van der Waals surface area contributed by atoms with Gasteiger partial charge in [-0.25, -0.2) is 4.39 Å². The summed E-state index contributed by atoms with van der Waals surface area (Å²) in [5.41, 5.74) is 1.48. The second-order valence-corrected chi connectivity index (χ2v) is 4.59. The van der Waals surface area contributed by atoms with E-state index >= 15 is 0 Å².